The van der Waals surface area contributed by atoms with Crippen molar-refractivity contribution in [3.8, 4) is 11.8 Å². The zero-order valence-corrected chi connectivity index (χ0v) is 12.5. The van der Waals surface area contributed by atoms with E-state index in [-0.39, 0.29) is 0 Å². The minimum Gasteiger partial charge on any atom is -0.290 e. The zero-order chi connectivity index (χ0) is 16.9. The van der Waals surface area contributed by atoms with Crippen molar-refractivity contribution in [3.63, 3.8) is 0 Å². The van der Waals surface area contributed by atoms with Crippen LogP contribution in [0.3, 0.4) is 0 Å². The summed E-state index contributed by atoms with van der Waals surface area (Å²) in [6.45, 7) is 1.84. The Labute approximate surface area is 133 Å². The highest BCUT2D eigenvalue weighted by Gasteiger charge is 2.39. The second-order valence-corrected chi connectivity index (χ2v) is 5.23. The summed E-state index contributed by atoms with van der Waals surface area (Å²) >= 11 is 0. The van der Waals surface area contributed by atoms with E-state index in [9.17, 15) is 18.0 Å². The summed E-state index contributed by atoms with van der Waals surface area (Å²) in [7, 11) is 0. The first-order valence-electron chi connectivity index (χ1n) is 7.09. The van der Waals surface area contributed by atoms with Crippen molar-refractivity contribution >= 4 is 5.78 Å². The standard InChI is InChI=1S/C19H15F3O/c1-14-6-5-9-16(12-14)17(13-18(23)19(20,21)22)11-10-15-7-3-2-4-8-15/h2-9,12,17H,13H2,1H3/t17-/m1/s1. The molecule has 0 bridgehead atoms. The Hall–Kier alpha value is -2.54. The molecule has 23 heavy (non-hydrogen) atoms. The lowest BCUT2D eigenvalue weighted by Crippen LogP contribution is -2.24. The van der Waals surface area contributed by atoms with Gasteiger partial charge >= 0.3 is 6.18 Å². The van der Waals surface area contributed by atoms with Crippen LogP contribution in [0.5, 0.6) is 0 Å². The fraction of sp³-hybridized carbons (Fsp3) is 0.211. The Kier molecular flexibility index (Phi) is 5.23. The van der Waals surface area contributed by atoms with Crippen LogP contribution in [0, 0.1) is 18.8 Å². The van der Waals surface area contributed by atoms with E-state index in [0.717, 1.165) is 5.56 Å². The molecule has 0 amide bonds. The molecule has 0 aliphatic rings. The highest BCUT2D eigenvalue weighted by molar-refractivity contribution is 5.85. The van der Waals surface area contributed by atoms with Gasteiger partial charge in [-0.05, 0) is 24.6 Å². The molecule has 0 spiro atoms. The van der Waals surface area contributed by atoms with Crippen molar-refractivity contribution in [2.45, 2.75) is 25.4 Å². The second-order valence-electron chi connectivity index (χ2n) is 5.23. The number of halogens is 3. The van der Waals surface area contributed by atoms with Crippen LogP contribution in [0.25, 0.3) is 0 Å². The smallest absolute Gasteiger partial charge is 0.290 e. The van der Waals surface area contributed by atoms with Gasteiger partial charge in [0.1, 0.15) is 0 Å². The zero-order valence-electron chi connectivity index (χ0n) is 12.5. The number of ketones is 1. The lowest BCUT2D eigenvalue weighted by molar-refractivity contribution is -0.171. The van der Waals surface area contributed by atoms with Gasteiger partial charge in [-0.1, -0.05) is 59.9 Å². The van der Waals surface area contributed by atoms with Crippen molar-refractivity contribution in [2.75, 3.05) is 0 Å². The fourth-order valence-electron chi connectivity index (χ4n) is 2.13. The molecule has 4 heteroatoms. The van der Waals surface area contributed by atoms with Crippen LogP contribution < -0.4 is 0 Å². The van der Waals surface area contributed by atoms with Crippen LogP contribution in [0.15, 0.2) is 54.6 Å². The summed E-state index contributed by atoms with van der Waals surface area (Å²) in [6, 6.07) is 16.0. The van der Waals surface area contributed by atoms with Gasteiger partial charge in [-0.3, -0.25) is 4.79 Å². The Morgan fingerprint density at radius 1 is 1.09 bits per heavy atom. The Balaban J connectivity index is 2.32. The molecule has 2 aromatic rings. The van der Waals surface area contributed by atoms with Gasteiger partial charge in [0.05, 0.1) is 5.92 Å². The molecule has 0 aliphatic carbocycles. The third-order valence-electron chi connectivity index (χ3n) is 3.31. The van der Waals surface area contributed by atoms with Crippen molar-refractivity contribution in [2.24, 2.45) is 0 Å². The lowest BCUT2D eigenvalue weighted by Gasteiger charge is -2.12. The summed E-state index contributed by atoms with van der Waals surface area (Å²) in [5, 5.41) is 0. The maximum Gasteiger partial charge on any atom is 0.450 e. The van der Waals surface area contributed by atoms with Gasteiger partial charge in [-0.2, -0.15) is 13.2 Å². The SMILES string of the molecule is Cc1cccc([C@H](C#Cc2ccccc2)CC(=O)C(F)(F)F)c1. The van der Waals surface area contributed by atoms with Crippen LogP contribution in [-0.4, -0.2) is 12.0 Å². The lowest BCUT2D eigenvalue weighted by atomic mass is 9.92. The van der Waals surface area contributed by atoms with Crippen molar-refractivity contribution in [1.29, 1.82) is 0 Å². The average molecular weight is 316 g/mol. The number of Topliss-reactive ketones (excluding diaryl/α,β-unsaturated/α-hetero) is 1. The molecular formula is C19H15F3O. The number of alkyl halides is 3. The van der Waals surface area contributed by atoms with Gasteiger partial charge in [-0.15, -0.1) is 0 Å². The van der Waals surface area contributed by atoms with Gasteiger partial charge in [-0.25, -0.2) is 0 Å². The molecule has 2 rings (SSSR count). The van der Waals surface area contributed by atoms with E-state index in [2.05, 4.69) is 11.8 Å². The highest BCUT2D eigenvalue weighted by atomic mass is 19.4. The average Bonchev–Trinajstić information content (AvgIpc) is 2.51. The van der Waals surface area contributed by atoms with Gasteiger partial charge in [0, 0.05) is 12.0 Å². The number of hydrogen-bond donors (Lipinski definition) is 0. The van der Waals surface area contributed by atoms with E-state index < -0.39 is 24.3 Å². The molecular weight excluding hydrogens is 301 g/mol. The minimum atomic E-state index is -4.84. The normalized spacial score (nSPS) is 12.2. The number of carbonyl (C=O) groups excluding carboxylic acids is 1. The molecule has 0 saturated carbocycles. The molecule has 2 aromatic carbocycles. The summed E-state index contributed by atoms with van der Waals surface area (Å²) in [4.78, 5) is 11.4. The van der Waals surface area contributed by atoms with Crippen LogP contribution in [0.2, 0.25) is 0 Å². The summed E-state index contributed by atoms with van der Waals surface area (Å²) in [5.41, 5.74) is 2.23. The van der Waals surface area contributed by atoms with E-state index in [0.29, 0.717) is 11.1 Å². The van der Waals surface area contributed by atoms with Crippen molar-refractivity contribution in [3.05, 3.63) is 71.3 Å². The van der Waals surface area contributed by atoms with Gasteiger partial charge in [0.25, 0.3) is 0 Å². The Bertz CT molecular complexity index is 736. The molecule has 0 unspecified atom stereocenters. The monoisotopic (exact) mass is 316 g/mol. The fourth-order valence-corrected chi connectivity index (χ4v) is 2.13. The van der Waals surface area contributed by atoms with E-state index in [1.807, 2.05) is 19.1 Å². The number of benzene rings is 2. The number of aryl methyl sites for hydroxylation is 1. The van der Waals surface area contributed by atoms with Crippen molar-refractivity contribution in [1.82, 2.24) is 0 Å². The quantitative estimate of drug-likeness (QED) is 0.753. The van der Waals surface area contributed by atoms with Crippen LogP contribution in [-0.2, 0) is 4.79 Å². The number of hydrogen-bond acceptors (Lipinski definition) is 1. The van der Waals surface area contributed by atoms with Crippen LogP contribution in [0.1, 0.15) is 29.0 Å². The first kappa shape index (κ1) is 16.8. The Morgan fingerprint density at radius 3 is 2.39 bits per heavy atom. The summed E-state index contributed by atoms with van der Waals surface area (Å²) in [5.74, 6) is 3.12. The van der Waals surface area contributed by atoms with E-state index >= 15 is 0 Å². The van der Waals surface area contributed by atoms with Crippen molar-refractivity contribution < 1.29 is 18.0 Å². The number of carbonyl (C=O) groups is 1. The topological polar surface area (TPSA) is 17.1 Å². The molecule has 0 saturated heterocycles. The van der Waals surface area contributed by atoms with E-state index in [1.54, 1.807) is 42.5 Å². The van der Waals surface area contributed by atoms with E-state index in [1.165, 1.54) is 0 Å². The van der Waals surface area contributed by atoms with Crippen LogP contribution >= 0.6 is 0 Å². The largest absolute Gasteiger partial charge is 0.450 e. The molecule has 0 aromatic heterocycles. The molecule has 118 valence electrons. The summed E-state index contributed by atoms with van der Waals surface area (Å²) < 4.78 is 37.7. The Morgan fingerprint density at radius 2 is 1.78 bits per heavy atom. The molecule has 0 aliphatic heterocycles. The highest BCUT2D eigenvalue weighted by Crippen LogP contribution is 2.26. The third kappa shape index (κ3) is 5.00. The maximum atomic E-state index is 12.6. The van der Waals surface area contributed by atoms with Gasteiger partial charge < -0.3 is 0 Å². The summed E-state index contributed by atoms with van der Waals surface area (Å²) in [6.07, 6.45) is -5.51. The third-order valence-corrected chi connectivity index (χ3v) is 3.31. The maximum absolute atomic E-state index is 12.6. The predicted molar refractivity (Wildman–Crippen MR) is 82.9 cm³/mol. The first-order chi connectivity index (χ1) is 10.9. The molecule has 0 fully saturated rings. The second kappa shape index (κ2) is 7.15. The molecule has 1 atom stereocenters. The molecule has 0 radical (unpaired) electrons. The molecule has 0 N–H and O–H groups in total. The first-order valence-corrected chi connectivity index (χ1v) is 7.09. The molecule has 1 nitrogen and oxygen atoms in total. The number of rotatable bonds is 3. The van der Waals surface area contributed by atoms with Crippen LogP contribution in [0.4, 0.5) is 13.2 Å². The van der Waals surface area contributed by atoms with E-state index in [4.69, 9.17) is 0 Å². The van der Waals surface area contributed by atoms with Gasteiger partial charge in [0.2, 0.25) is 5.78 Å². The van der Waals surface area contributed by atoms with Gasteiger partial charge in [0.15, 0.2) is 0 Å². The molecule has 0 heterocycles. The minimum absolute atomic E-state index is 0.617. The predicted octanol–water partition coefficient (Wildman–Crippen LogP) is 4.65.